The monoisotopic (exact) mass is 196 g/mol. The van der Waals surface area contributed by atoms with E-state index in [9.17, 15) is 0 Å². The standard InChI is InChI=1S/C11H20OSi/c1-5-10-7-6-8-11(9-10)12-13(2,3)4/h5,9-10H,1,6-8H2,2-4H3. The smallest absolute Gasteiger partial charge is 0.241 e. The summed E-state index contributed by atoms with van der Waals surface area (Å²) >= 11 is 0. The Kier molecular flexibility index (Phi) is 3.37. The highest BCUT2D eigenvalue weighted by atomic mass is 28.4. The van der Waals surface area contributed by atoms with Crippen LogP contribution in [0.25, 0.3) is 0 Å². The van der Waals surface area contributed by atoms with Crippen molar-refractivity contribution in [3.05, 3.63) is 24.5 Å². The predicted octanol–water partition coefficient (Wildman–Crippen LogP) is 3.71. The normalized spacial score (nSPS) is 23.6. The molecule has 0 heterocycles. The SMILES string of the molecule is C=CC1C=C(O[Si](C)(C)C)CCC1. The van der Waals surface area contributed by atoms with Crippen molar-refractivity contribution >= 4 is 8.32 Å². The highest BCUT2D eigenvalue weighted by Crippen LogP contribution is 2.26. The molecule has 1 nitrogen and oxygen atoms in total. The zero-order chi connectivity index (χ0) is 9.90. The summed E-state index contributed by atoms with van der Waals surface area (Å²) < 4.78 is 5.96. The van der Waals surface area contributed by atoms with E-state index in [-0.39, 0.29) is 0 Å². The van der Waals surface area contributed by atoms with Gasteiger partial charge in [-0.2, -0.15) is 0 Å². The molecule has 0 spiro atoms. The topological polar surface area (TPSA) is 9.23 Å². The van der Waals surface area contributed by atoms with E-state index in [4.69, 9.17) is 4.43 Å². The molecule has 1 aliphatic carbocycles. The molecule has 0 aromatic carbocycles. The van der Waals surface area contributed by atoms with E-state index in [0.717, 1.165) is 6.42 Å². The van der Waals surface area contributed by atoms with Crippen LogP contribution in [0.1, 0.15) is 19.3 Å². The lowest BCUT2D eigenvalue weighted by Gasteiger charge is -2.26. The summed E-state index contributed by atoms with van der Waals surface area (Å²) in [7, 11) is -1.39. The van der Waals surface area contributed by atoms with Gasteiger partial charge in [0.15, 0.2) is 0 Å². The van der Waals surface area contributed by atoms with Gasteiger partial charge in [0.25, 0.3) is 0 Å². The van der Waals surface area contributed by atoms with Crippen LogP contribution in [0.3, 0.4) is 0 Å². The van der Waals surface area contributed by atoms with Gasteiger partial charge in [0.05, 0.1) is 5.76 Å². The fourth-order valence-corrected chi connectivity index (χ4v) is 2.54. The van der Waals surface area contributed by atoms with Crippen LogP contribution in [-0.4, -0.2) is 8.32 Å². The Balaban J connectivity index is 2.58. The zero-order valence-corrected chi connectivity index (χ0v) is 9.97. The fraction of sp³-hybridized carbons (Fsp3) is 0.636. The number of hydrogen-bond acceptors (Lipinski definition) is 1. The first kappa shape index (κ1) is 10.6. The first-order valence-corrected chi connectivity index (χ1v) is 8.44. The molecule has 0 aromatic heterocycles. The van der Waals surface area contributed by atoms with E-state index >= 15 is 0 Å². The Hall–Kier alpha value is -0.503. The van der Waals surface area contributed by atoms with E-state index in [1.807, 2.05) is 6.08 Å². The van der Waals surface area contributed by atoms with Crippen molar-refractivity contribution in [1.29, 1.82) is 0 Å². The quantitative estimate of drug-likeness (QED) is 0.494. The molecule has 1 unspecified atom stereocenters. The molecule has 1 atom stereocenters. The molecule has 0 aromatic rings. The lowest BCUT2D eigenvalue weighted by atomic mass is 9.95. The maximum absolute atomic E-state index is 5.96. The molecule has 1 aliphatic rings. The van der Waals surface area contributed by atoms with Gasteiger partial charge < -0.3 is 4.43 Å². The second-order valence-corrected chi connectivity index (χ2v) is 9.07. The minimum atomic E-state index is -1.39. The van der Waals surface area contributed by atoms with Crippen molar-refractivity contribution in [1.82, 2.24) is 0 Å². The Bertz CT molecular complexity index is 213. The third kappa shape index (κ3) is 3.81. The minimum Gasteiger partial charge on any atom is -0.548 e. The Labute approximate surface area is 82.6 Å². The maximum atomic E-state index is 5.96. The third-order valence-corrected chi connectivity index (χ3v) is 2.98. The predicted molar refractivity (Wildman–Crippen MR) is 60.1 cm³/mol. The molecule has 13 heavy (non-hydrogen) atoms. The highest BCUT2D eigenvalue weighted by Gasteiger charge is 2.20. The summed E-state index contributed by atoms with van der Waals surface area (Å²) in [6.07, 6.45) is 7.87. The fourth-order valence-electron chi connectivity index (χ4n) is 1.58. The first-order valence-electron chi connectivity index (χ1n) is 5.03. The minimum absolute atomic E-state index is 0.542. The summed E-state index contributed by atoms with van der Waals surface area (Å²) in [6.45, 7) is 10.5. The molecule has 0 fully saturated rings. The molecular formula is C11H20OSi. The zero-order valence-electron chi connectivity index (χ0n) is 8.97. The van der Waals surface area contributed by atoms with Crippen LogP contribution in [0.2, 0.25) is 19.6 Å². The Morgan fingerprint density at radius 3 is 2.77 bits per heavy atom. The highest BCUT2D eigenvalue weighted by molar-refractivity contribution is 6.70. The summed E-state index contributed by atoms with van der Waals surface area (Å²) in [5, 5.41) is 0. The van der Waals surface area contributed by atoms with Crippen LogP contribution >= 0.6 is 0 Å². The van der Waals surface area contributed by atoms with Crippen LogP contribution in [0, 0.1) is 5.92 Å². The van der Waals surface area contributed by atoms with Crippen molar-refractivity contribution in [2.45, 2.75) is 38.9 Å². The second-order valence-electron chi connectivity index (χ2n) is 4.64. The van der Waals surface area contributed by atoms with Gasteiger partial charge in [0.2, 0.25) is 8.32 Å². The van der Waals surface area contributed by atoms with Crippen LogP contribution in [0.4, 0.5) is 0 Å². The van der Waals surface area contributed by atoms with Gasteiger partial charge in [0.1, 0.15) is 0 Å². The lowest BCUT2D eigenvalue weighted by molar-refractivity contribution is 0.369. The molecule has 0 N–H and O–H groups in total. The van der Waals surface area contributed by atoms with Gasteiger partial charge >= 0.3 is 0 Å². The van der Waals surface area contributed by atoms with Crippen molar-refractivity contribution in [2.75, 3.05) is 0 Å². The molecule has 2 heteroatoms. The van der Waals surface area contributed by atoms with Gasteiger partial charge in [-0.25, -0.2) is 0 Å². The van der Waals surface area contributed by atoms with E-state index in [1.165, 1.54) is 18.6 Å². The largest absolute Gasteiger partial charge is 0.548 e. The van der Waals surface area contributed by atoms with E-state index in [0.29, 0.717) is 5.92 Å². The van der Waals surface area contributed by atoms with Crippen molar-refractivity contribution in [3.63, 3.8) is 0 Å². The molecule has 0 bridgehead atoms. The number of hydrogen-bond donors (Lipinski definition) is 0. The van der Waals surface area contributed by atoms with Crippen molar-refractivity contribution in [3.8, 4) is 0 Å². The summed E-state index contributed by atoms with van der Waals surface area (Å²) in [5.41, 5.74) is 0. The molecule has 74 valence electrons. The van der Waals surface area contributed by atoms with Gasteiger partial charge in [-0.3, -0.25) is 0 Å². The van der Waals surface area contributed by atoms with Crippen LogP contribution in [-0.2, 0) is 4.43 Å². The number of allylic oxidation sites excluding steroid dienone is 3. The van der Waals surface area contributed by atoms with Crippen molar-refractivity contribution in [2.24, 2.45) is 5.92 Å². The maximum Gasteiger partial charge on any atom is 0.241 e. The molecule has 0 saturated heterocycles. The molecule has 0 aliphatic heterocycles. The average Bonchev–Trinajstić information content (AvgIpc) is 2.01. The molecule has 0 amide bonds. The summed E-state index contributed by atoms with van der Waals surface area (Å²) in [5.74, 6) is 1.75. The summed E-state index contributed by atoms with van der Waals surface area (Å²) in [4.78, 5) is 0. The van der Waals surface area contributed by atoms with Gasteiger partial charge in [-0.1, -0.05) is 6.08 Å². The van der Waals surface area contributed by atoms with E-state index < -0.39 is 8.32 Å². The summed E-state index contributed by atoms with van der Waals surface area (Å²) in [6, 6.07) is 0. The van der Waals surface area contributed by atoms with E-state index in [1.54, 1.807) is 0 Å². The Morgan fingerprint density at radius 1 is 1.54 bits per heavy atom. The van der Waals surface area contributed by atoms with Gasteiger partial charge in [0, 0.05) is 6.42 Å². The molecule has 0 radical (unpaired) electrons. The first-order chi connectivity index (χ1) is 6.01. The average molecular weight is 196 g/mol. The lowest BCUT2D eigenvalue weighted by Crippen LogP contribution is -2.25. The van der Waals surface area contributed by atoms with Crippen molar-refractivity contribution < 1.29 is 4.43 Å². The molecule has 0 saturated carbocycles. The van der Waals surface area contributed by atoms with Crippen LogP contribution in [0.5, 0.6) is 0 Å². The van der Waals surface area contributed by atoms with Crippen LogP contribution < -0.4 is 0 Å². The molecule has 1 rings (SSSR count). The van der Waals surface area contributed by atoms with E-state index in [2.05, 4.69) is 32.3 Å². The third-order valence-electron chi connectivity index (χ3n) is 2.10. The Morgan fingerprint density at radius 2 is 2.23 bits per heavy atom. The van der Waals surface area contributed by atoms with Crippen LogP contribution in [0.15, 0.2) is 24.5 Å². The van der Waals surface area contributed by atoms with Gasteiger partial charge in [-0.15, -0.1) is 6.58 Å². The molecular weight excluding hydrogens is 176 g/mol. The van der Waals surface area contributed by atoms with Gasteiger partial charge in [-0.05, 0) is 44.5 Å². The second kappa shape index (κ2) is 4.14. The number of rotatable bonds is 3.